The molecule has 21 heavy (non-hydrogen) atoms. The molecule has 1 aromatic rings. The van der Waals surface area contributed by atoms with Gasteiger partial charge < -0.3 is 10.0 Å². The monoisotopic (exact) mass is 303 g/mol. The van der Waals surface area contributed by atoms with Crippen molar-refractivity contribution in [2.45, 2.75) is 19.4 Å². The van der Waals surface area contributed by atoms with Crippen molar-refractivity contribution in [3.8, 4) is 11.8 Å². The zero-order chi connectivity index (χ0) is 15.1. The molecule has 1 atom stereocenters. The van der Waals surface area contributed by atoms with Crippen LogP contribution in [-0.2, 0) is 11.3 Å². The average molecular weight is 303 g/mol. The van der Waals surface area contributed by atoms with Gasteiger partial charge in [-0.2, -0.15) is 11.8 Å². The van der Waals surface area contributed by atoms with Gasteiger partial charge in [0.25, 0.3) is 0 Å². The summed E-state index contributed by atoms with van der Waals surface area (Å²) in [6, 6.07) is 7.89. The summed E-state index contributed by atoms with van der Waals surface area (Å²) in [6.07, 6.45) is 1.47. The highest BCUT2D eigenvalue weighted by atomic mass is 32.2. The summed E-state index contributed by atoms with van der Waals surface area (Å²) in [7, 11) is 1.86. The van der Waals surface area contributed by atoms with Gasteiger partial charge in [0.05, 0.1) is 6.61 Å². The van der Waals surface area contributed by atoms with Gasteiger partial charge in [-0.05, 0) is 23.8 Å². The lowest BCUT2D eigenvalue weighted by Crippen LogP contribution is -2.32. The Hall–Kier alpha value is -1.44. The molecule has 1 aliphatic rings. The minimum absolute atomic E-state index is 0.0763. The third kappa shape index (κ3) is 4.52. The first-order chi connectivity index (χ1) is 10.2. The molecule has 0 saturated carbocycles. The van der Waals surface area contributed by atoms with E-state index in [0.29, 0.717) is 13.0 Å². The highest BCUT2D eigenvalue weighted by molar-refractivity contribution is 7.99. The Balaban J connectivity index is 2.05. The van der Waals surface area contributed by atoms with Crippen LogP contribution in [0, 0.1) is 17.8 Å². The van der Waals surface area contributed by atoms with Crippen LogP contribution in [-0.4, -0.2) is 41.1 Å². The number of hydrogen-bond acceptors (Lipinski definition) is 3. The van der Waals surface area contributed by atoms with E-state index in [-0.39, 0.29) is 18.4 Å². The molecule has 0 aromatic heterocycles. The van der Waals surface area contributed by atoms with Crippen LogP contribution in [0.4, 0.5) is 0 Å². The number of nitrogens with zero attached hydrogens (tertiary/aromatic N) is 1. The molecule has 1 heterocycles. The van der Waals surface area contributed by atoms with Crippen LogP contribution in [0.25, 0.3) is 0 Å². The van der Waals surface area contributed by atoms with E-state index in [0.717, 1.165) is 29.1 Å². The molecule has 0 radical (unpaired) electrons. The topological polar surface area (TPSA) is 40.5 Å². The molecular formula is C17H21NO2S. The Morgan fingerprint density at radius 3 is 3.00 bits per heavy atom. The van der Waals surface area contributed by atoms with E-state index in [1.165, 1.54) is 0 Å². The quantitative estimate of drug-likeness (QED) is 0.866. The maximum Gasteiger partial charge on any atom is 0.226 e. The lowest BCUT2D eigenvalue weighted by molar-refractivity contribution is -0.133. The van der Waals surface area contributed by atoms with Gasteiger partial charge in [-0.3, -0.25) is 4.79 Å². The molecule has 112 valence electrons. The summed E-state index contributed by atoms with van der Waals surface area (Å²) in [5.41, 5.74) is 2.00. The van der Waals surface area contributed by atoms with Crippen LogP contribution in [0.1, 0.15) is 24.0 Å². The Morgan fingerprint density at radius 1 is 1.48 bits per heavy atom. The first-order valence-electron chi connectivity index (χ1n) is 7.22. The molecule has 1 saturated heterocycles. The van der Waals surface area contributed by atoms with E-state index in [1.807, 2.05) is 48.0 Å². The van der Waals surface area contributed by atoms with E-state index in [2.05, 4.69) is 11.8 Å². The number of hydrogen-bond donors (Lipinski definition) is 1. The molecule has 0 spiro atoms. The lowest BCUT2D eigenvalue weighted by Gasteiger charge is -2.21. The van der Waals surface area contributed by atoms with E-state index in [1.54, 1.807) is 0 Å². The smallest absolute Gasteiger partial charge is 0.226 e. The van der Waals surface area contributed by atoms with Crippen molar-refractivity contribution in [3.05, 3.63) is 35.4 Å². The Morgan fingerprint density at radius 2 is 2.29 bits per heavy atom. The lowest BCUT2D eigenvalue weighted by atomic mass is 10.0. The Labute approximate surface area is 130 Å². The summed E-state index contributed by atoms with van der Waals surface area (Å²) >= 11 is 1.86. The van der Waals surface area contributed by atoms with Crippen molar-refractivity contribution in [2.75, 3.05) is 25.2 Å². The van der Waals surface area contributed by atoms with Crippen molar-refractivity contribution < 1.29 is 9.90 Å². The van der Waals surface area contributed by atoms with Gasteiger partial charge in [-0.1, -0.05) is 30.0 Å². The average Bonchev–Trinajstić information content (AvgIpc) is 3.02. The molecule has 3 nitrogen and oxygen atoms in total. The first-order valence-corrected chi connectivity index (χ1v) is 8.38. The van der Waals surface area contributed by atoms with Gasteiger partial charge in [0.2, 0.25) is 5.91 Å². The van der Waals surface area contributed by atoms with Gasteiger partial charge in [0.1, 0.15) is 0 Å². The molecule has 0 bridgehead atoms. The highest BCUT2D eigenvalue weighted by Gasteiger charge is 2.26. The van der Waals surface area contributed by atoms with Gasteiger partial charge in [0, 0.05) is 37.2 Å². The van der Waals surface area contributed by atoms with Gasteiger partial charge in [0.15, 0.2) is 0 Å². The molecule has 0 aliphatic carbocycles. The number of thioether (sulfide) groups is 1. The second-order valence-electron chi connectivity index (χ2n) is 5.19. The van der Waals surface area contributed by atoms with Gasteiger partial charge in [-0.25, -0.2) is 0 Å². The van der Waals surface area contributed by atoms with Crippen molar-refractivity contribution >= 4 is 17.7 Å². The molecule has 4 heteroatoms. The molecule has 1 amide bonds. The van der Waals surface area contributed by atoms with Gasteiger partial charge in [-0.15, -0.1) is 0 Å². The summed E-state index contributed by atoms with van der Waals surface area (Å²) in [4.78, 5) is 14.2. The van der Waals surface area contributed by atoms with E-state index in [4.69, 9.17) is 5.11 Å². The van der Waals surface area contributed by atoms with Crippen LogP contribution >= 0.6 is 11.8 Å². The highest BCUT2D eigenvalue weighted by Crippen LogP contribution is 2.25. The van der Waals surface area contributed by atoms with E-state index >= 15 is 0 Å². The number of carbonyl (C=O) groups excluding carboxylic acids is 1. The van der Waals surface area contributed by atoms with Crippen LogP contribution in [0.15, 0.2) is 24.3 Å². The number of benzene rings is 1. The number of aliphatic hydroxyl groups excluding tert-OH is 1. The van der Waals surface area contributed by atoms with E-state index < -0.39 is 0 Å². The fraction of sp³-hybridized carbons (Fsp3) is 0.471. The van der Waals surface area contributed by atoms with Crippen molar-refractivity contribution in [1.82, 2.24) is 4.90 Å². The third-order valence-corrected chi connectivity index (χ3v) is 4.70. The Bertz CT molecular complexity index is 541. The number of aliphatic hydroxyl groups is 1. The summed E-state index contributed by atoms with van der Waals surface area (Å²) in [5.74, 6) is 8.46. The van der Waals surface area contributed by atoms with E-state index in [9.17, 15) is 4.79 Å². The number of rotatable bonds is 4. The second kappa shape index (κ2) is 8.11. The SMILES string of the molecule is CN(Cc1ccccc1C#CCCO)C(=O)C1CCSC1. The number of carbonyl (C=O) groups is 1. The van der Waals surface area contributed by atoms with Crippen LogP contribution in [0.3, 0.4) is 0 Å². The molecule has 1 N–H and O–H groups in total. The molecule has 2 rings (SSSR count). The van der Waals surface area contributed by atoms with Crippen molar-refractivity contribution in [1.29, 1.82) is 0 Å². The number of amides is 1. The zero-order valence-corrected chi connectivity index (χ0v) is 13.2. The molecule has 1 fully saturated rings. The summed E-state index contributed by atoms with van der Waals surface area (Å²) in [6.45, 7) is 0.664. The fourth-order valence-electron chi connectivity index (χ4n) is 2.37. The van der Waals surface area contributed by atoms with Gasteiger partial charge >= 0.3 is 0 Å². The molecule has 1 unspecified atom stereocenters. The van der Waals surface area contributed by atoms with Crippen LogP contribution in [0.2, 0.25) is 0 Å². The summed E-state index contributed by atoms with van der Waals surface area (Å²) < 4.78 is 0. The first kappa shape index (κ1) is 15.9. The normalized spacial score (nSPS) is 17.1. The summed E-state index contributed by atoms with van der Waals surface area (Å²) in [5, 5.41) is 8.80. The van der Waals surface area contributed by atoms with Crippen LogP contribution < -0.4 is 0 Å². The predicted molar refractivity (Wildman–Crippen MR) is 86.9 cm³/mol. The predicted octanol–water partition coefficient (Wildman–Crippen LogP) is 2.13. The minimum atomic E-state index is 0.0763. The maximum atomic E-state index is 12.4. The third-order valence-electron chi connectivity index (χ3n) is 3.54. The van der Waals surface area contributed by atoms with Crippen molar-refractivity contribution in [3.63, 3.8) is 0 Å². The molecular weight excluding hydrogens is 282 g/mol. The fourth-order valence-corrected chi connectivity index (χ4v) is 3.58. The zero-order valence-electron chi connectivity index (χ0n) is 12.3. The maximum absolute atomic E-state index is 12.4. The van der Waals surface area contributed by atoms with Crippen LogP contribution in [0.5, 0.6) is 0 Å². The largest absolute Gasteiger partial charge is 0.395 e. The second-order valence-corrected chi connectivity index (χ2v) is 6.34. The minimum Gasteiger partial charge on any atom is -0.395 e. The molecule has 1 aliphatic heterocycles. The molecule has 1 aromatic carbocycles. The Kier molecular flexibility index (Phi) is 6.16. The standard InChI is InChI=1S/C17H21NO2S/c1-18(17(20)16-9-11-21-13-16)12-15-8-3-2-6-14(15)7-4-5-10-19/h2-3,6,8,16,19H,5,9-13H2,1H3. The van der Waals surface area contributed by atoms with Crippen molar-refractivity contribution in [2.24, 2.45) is 5.92 Å².